The molecule has 2 aromatic heterocycles. The third-order valence-electron chi connectivity index (χ3n) is 6.34. The Kier molecular flexibility index (Phi) is 7.14. The molecule has 1 aliphatic rings. The maximum absolute atomic E-state index is 13.6. The molecule has 0 aliphatic carbocycles. The van der Waals surface area contributed by atoms with Gasteiger partial charge in [-0.05, 0) is 50.1 Å². The fourth-order valence-corrected chi connectivity index (χ4v) is 4.38. The molecule has 3 aromatic rings. The summed E-state index contributed by atoms with van der Waals surface area (Å²) in [6.45, 7) is 6.53. The highest BCUT2D eigenvalue weighted by molar-refractivity contribution is 6.07. The standard InChI is InChI=1S/C26H31N5O5/c1-5-12-31-24(33)22-21(23(32)27-14-20-9-6-17(2)36-20)29-16-30(22)15-26(31,3)25(34)28-13-18-7-10-19(35-4)11-8-18/h6-11,16H,5,12-15H2,1-4H3,(H,27,32)(H,28,34)/t26-/m1/s1. The average Bonchev–Trinajstić information content (AvgIpc) is 3.49. The van der Waals surface area contributed by atoms with Crippen molar-refractivity contribution in [1.82, 2.24) is 25.1 Å². The highest BCUT2D eigenvalue weighted by Gasteiger charge is 2.48. The number of rotatable bonds is 9. The van der Waals surface area contributed by atoms with E-state index < -0.39 is 17.4 Å². The molecule has 3 amide bonds. The van der Waals surface area contributed by atoms with Gasteiger partial charge >= 0.3 is 0 Å². The molecule has 4 rings (SSSR count). The Hall–Kier alpha value is -4.08. The summed E-state index contributed by atoms with van der Waals surface area (Å²) in [5.41, 5.74) is -0.0276. The molecular weight excluding hydrogens is 462 g/mol. The Morgan fingerprint density at radius 2 is 1.89 bits per heavy atom. The first-order valence-corrected chi connectivity index (χ1v) is 11.9. The molecule has 10 heteroatoms. The molecule has 2 N–H and O–H groups in total. The third kappa shape index (κ3) is 4.84. The van der Waals surface area contributed by atoms with Gasteiger partial charge in [-0.3, -0.25) is 14.4 Å². The van der Waals surface area contributed by atoms with Gasteiger partial charge in [-0.2, -0.15) is 0 Å². The van der Waals surface area contributed by atoms with Gasteiger partial charge in [0.05, 0.1) is 26.5 Å². The molecule has 0 saturated heterocycles. The molecular formula is C26H31N5O5. The van der Waals surface area contributed by atoms with Crippen molar-refractivity contribution < 1.29 is 23.5 Å². The van der Waals surface area contributed by atoms with Crippen LogP contribution in [0.1, 0.15) is 58.3 Å². The highest BCUT2D eigenvalue weighted by Crippen LogP contribution is 2.29. The number of nitrogens with zero attached hydrogens (tertiary/aromatic N) is 3. The second kappa shape index (κ2) is 10.3. The quantitative estimate of drug-likeness (QED) is 0.473. The van der Waals surface area contributed by atoms with Gasteiger partial charge in [-0.15, -0.1) is 0 Å². The summed E-state index contributed by atoms with van der Waals surface area (Å²) in [6.07, 6.45) is 2.10. The monoisotopic (exact) mass is 493 g/mol. The zero-order valence-corrected chi connectivity index (χ0v) is 21.0. The van der Waals surface area contributed by atoms with Gasteiger partial charge in [0.1, 0.15) is 28.5 Å². The molecule has 1 aliphatic heterocycles. The SMILES string of the molecule is CCCN1C(=O)c2c(C(=O)NCc3ccc(C)o3)ncn2C[C@]1(C)C(=O)NCc1ccc(OC)cc1. The van der Waals surface area contributed by atoms with Crippen molar-refractivity contribution in [1.29, 1.82) is 0 Å². The molecule has 1 aromatic carbocycles. The maximum Gasteiger partial charge on any atom is 0.273 e. The third-order valence-corrected chi connectivity index (χ3v) is 6.34. The summed E-state index contributed by atoms with van der Waals surface area (Å²) in [7, 11) is 1.60. The number of aromatic nitrogens is 2. The number of amides is 3. The second-order valence-electron chi connectivity index (χ2n) is 9.03. The first kappa shape index (κ1) is 25.0. The van der Waals surface area contributed by atoms with Crippen molar-refractivity contribution in [2.45, 2.75) is 52.4 Å². The minimum Gasteiger partial charge on any atom is -0.497 e. The van der Waals surface area contributed by atoms with Gasteiger partial charge in [0.2, 0.25) is 5.91 Å². The summed E-state index contributed by atoms with van der Waals surface area (Å²) in [5.74, 6) is 0.925. The predicted molar refractivity (Wildman–Crippen MR) is 131 cm³/mol. The normalized spacial score (nSPS) is 17.0. The van der Waals surface area contributed by atoms with Crippen LogP contribution in [-0.4, -0.2) is 51.4 Å². The molecule has 36 heavy (non-hydrogen) atoms. The van der Waals surface area contributed by atoms with E-state index in [4.69, 9.17) is 9.15 Å². The Balaban J connectivity index is 1.52. The number of fused-ring (bicyclic) bond motifs is 1. The Morgan fingerprint density at radius 1 is 1.14 bits per heavy atom. The molecule has 0 saturated carbocycles. The van der Waals surface area contributed by atoms with Crippen molar-refractivity contribution in [2.24, 2.45) is 0 Å². The van der Waals surface area contributed by atoms with Crippen LogP contribution in [0.25, 0.3) is 0 Å². The molecule has 0 spiro atoms. The largest absolute Gasteiger partial charge is 0.497 e. The lowest BCUT2D eigenvalue weighted by molar-refractivity contribution is -0.133. The van der Waals surface area contributed by atoms with Gasteiger partial charge in [0.15, 0.2) is 5.69 Å². The van der Waals surface area contributed by atoms with Crippen LogP contribution < -0.4 is 15.4 Å². The van der Waals surface area contributed by atoms with Gasteiger partial charge < -0.3 is 29.3 Å². The summed E-state index contributed by atoms with van der Waals surface area (Å²) in [6, 6.07) is 11.0. The van der Waals surface area contributed by atoms with Crippen LogP contribution in [0.4, 0.5) is 0 Å². The molecule has 3 heterocycles. The minimum atomic E-state index is -1.15. The lowest BCUT2D eigenvalue weighted by atomic mass is 9.94. The van der Waals surface area contributed by atoms with E-state index in [1.807, 2.05) is 44.2 Å². The number of benzene rings is 1. The summed E-state index contributed by atoms with van der Waals surface area (Å²) in [5, 5.41) is 5.71. The molecule has 0 fully saturated rings. The minimum absolute atomic E-state index is 0.0325. The number of carbonyl (C=O) groups excluding carboxylic acids is 3. The summed E-state index contributed by atoms with van der Waals surface area (Å²) in [4.78, 5) is 45.7. The van der Waals surface area contributed by atoms with E-state index in [1.54, 1.807) is 29.6 Å². The molecule has 0 bridgehead atoms. The lowest BCUT2D eigenvalue weighted by Crippen LogP contribution is -2.64. The van der Waals surface area contributed by atoms with Crippen molar-refractivity contribution in [2.75, 3.05) is 13.7 Å². The molecule has 1 atom stereocenters. The summed E-state index contributed by atoms with van der Waals surface area (Å²) >= 11 is 0. The molecule has 0 unspecified atom stereocenters. The predicted octanol–water partition coefficient (Wildman–Crippen LogP) is 2.66. The van der Waals surface area contributed by atoms with Gasteiger partial charge in [-0.25, -0.2) is 4.98 Å². The van der Waals surface area contributed by atoms with Crippen LogP contribution in [0.5, 0.6) is 5.75 Å². The number of furan rings is 1. The number of hydrogen-bond donors (Lipinski definition) is 2. The van der Waals surface area contributed by atoms with Crippen LogP contribution in [-0.2, 0) is 24.4 Å². The van der Waals surface area contributed by atoms with Crippen LogP contribution in [0.3, 0.4) is 0 Å². The molecule has 10 nitrogen and oxygen atoms in total. The fraction of sp³-hybridized carbons (Fsp3) is 0.385. The lowest BCUT2D eigenvalue weighted by Gasteiger charge is -2.43. The highest BCUT2D eigenvalue weighted by atomic mass is 16.5. The Morgan fingerprint density at radius 3 is 2.53 bits per heavy atom. The van der Waals surface area contributed by atoms with Gasteiger partial charge in [-0.1, -0.05) is 19.1 Å². The Labute approximate surface area is 209 Å². The van der Waals surface area contributed by atoms with Crippen molar-refractivity contribution in [3.63, 3.8) is 0 Å². The number of carbonyl (C=O) groups is 3. The van der Waals surface area contributed by atoms with E-state index in [2.05, 4.69) is 15.6 Å². The van der Waals surface area contributed by atoms with Gasteiger partial charge in [0.25, 0.3) is 11.8 Å². The van der Waals surface area contributed by atoms with Crippen LogP contribution in [0, 0.1) is 6.92 Å². The second-order valence-corrected chi connectivity index (χ2v) is 9.03. The Bertz CT molecular complexity index is 1260. The smallest absolute Gasteiger partial charge is 0.273 e. The van der Waals surface area contributed by atoms with Crippen LogP contribution in [0.15, 0.2) is 47.1 Å². The molecule has 190 valence electrons. The average molecular weight is 494 g/mol. The number of ether oxygens (including phenoxy) is 1. The van der Waals surface area contributed by atoms with E-state index in [0.29, 0.717) is 25.3 Å². The van der Waals surface area contributed by atoms with E-state index in [1.165, 1.54) is 6.33 Å². The zero-order valence-electron chi connectivity index (χ0n) is 21.0. The fourth-order valence-electron chi connectivity index (χ4n) is 4.38. The van der Waals surface area contributed by atoms with E-state index in [9.17, 15) is 14.4 Å². The number of imidazole rings is 1. The number of methoxy groups -OCH3 is 1. The topological polar surface area (TPSA) is 119 Å². The van der Waals surface area contributed by atoms with E-state index in [0.717, 1.165) is 17.1 Å². The van der Waals surface area contributed by atoms with Crippen molar-refractivity contribution >= 4 is 17.7 Å². The molecule has 0 radical (unpaired) electrons. The number of nitrogens with one attached hydrogen (secondary N) is 2. The van der Waals surface area contributed by atoms with Gasteiger partial charge in [0, 0.05) is 13.1 Å². The van der Waals surface area contributed by atoms with Crippen molar-refractivity contribution in [3.8, 4) is 5.75 Å². The van der Waals surface area contributed by atoms with E-state index >= 15 is 0 Å². The first-order valence-electron chi connectivity index (χ1n) is 11.9. The number of aryl methyl sites for hydroxylation is 1. The van der Waals surface area contributed by atoms with E-state index in [-0.39, 0.29) is 30.4 Å². The maximum atomic E-state index is 13.6. The first-order chi connectivity index (χ1) is 17.3. The number of hydrogen-bond acceptors (Lipinski definition) is 6. The summed E-state index contributed by atoms with van der Waals surface area (Å²) < 4.78 is 12.3. The van der Waals surface area contributed by atoms with Crippen molar-refractivity contribution in [3.05, 3.63) is 71.2 Å². The van der Waals surface area contributed by atoms with Crippen LogP contribution >= 0.6 is 0 Å². The zero-order chi connectivity index (χ0) is 25.9. The van der Waals surface area contributed by atoms with Crippen LogP contribution in [0.2, 0.25) is 0 Å².